The Bertz CT molecular complexity index is 707. The van der Waals surface area contributed by atoms with Crippen molar-refractivity contribution in [2.45, 2.75) is 26.2 Å². The van der Waals surface area contributed by atoms with E-state index in [1.807, 2.05) is 6.92 Å². The van der Waals surface area contributed by atoms with Gasteiger partial charge in [0, 0.05) is 31.0 Å². The number of rotatable bonds is 6. The van der Waals surface area contributed by atoms with E-state index >= 15 is 0 Å². The number of hydrogen-bond donors (Lipinski definition) is 1. The molecule has 1 aliphatic rings. The number of benzene rings is 1. The lowest BCUT2D eigenvalue weighted by Crippen LogP contribution is -2.43. The van der Waals surface area contributed by atoms with E-state index in [1.54, 1.807) is 12.1 Å². The van der Waals surface area contributed by atoms with Crippen molar-refractivity contribution in [2.75, 3.05) is 24.6 Å². The lowest BCUT2D eigenvalue weighted by atomic mass is 9.98. The Hall–Kier alpha value is -2.06. The molecule has 0 aliphatic carbocycles. The molecule has 2 heterocycles. The van der Waals surface area contributed by atoms with Gasteiger partial charge in [-0.2, -0.15) is 4.37 Å². The number of carbonyl (C=O) groups is 1. The van der Waals surface area contributed by atoms with Gasteiger partial charge in [0.05, 0.1) is 12.5 Å². The van der Waals surface area contributed by atoms with E-state index in [2.05, 4.69) is 19.7 Å². The Morgan fingerprint density at radius 3 is 3.00 bits per heavy atom. The molecule has 1 atom stereocenters. The molecular weight excluding hydrogens is 343 g/mol. The first-order valence-electron chi connectivity index (χ1n) is 8.39. The fourth-order valence-electron chi connectivity index (χ4n) is 2.82. The van der Waals surface area contributed by atoms with Crippen molar-refractivity contribution in [1.29, 1.82) is 0 Å². The van der Waals surface area contributed by atoms with E-state index in [0.717, 1.165) is 30.1 Å². The molecule has 1 N–H and O–H groups in total. The van der Waals surface area contributed by atoms with E-state index in [0.29, 0.717) is 25.4 Å². The van der Waals surface area contributed by atoms with Gasteiger partial charge in [-0.25, -0.2) is 14.9 Å². The van der Waals surface area contributed by atoms with Crippen LogP contribution < -0.4 is 10.4 Å². The van der Waals surface area contributed by atoms with Crippen molar-refractivity contribution in [3.05, 3.63) is 41.5 Å². The summed E-state index contributed by atoms with van der Waals surface area (Å²) in [5.41, 5.74) is 3.46. The van der Waals surface area contributed by atoms with E-state index in [1.165, 1.54) is 23.7 Å². The van der Waals surface area contributed by atoms with Crippen LogP contribution in [-0.2, 0) is 16.1 Å². The lowest BCUT2D eigenvalue weighted by molar-refractivity contribution is -0.137. The first-order chi connectivity index (χ1) is 12.2. The molecule has 0 radical (unpaired) electrons. The maximum absolute atomic E-state index is 13.0. The molecule has 1 unspecified atom stereocenters. The molecule has 1 amide bonds. The summed E-state index contributed by atoms with van der Waals surface area (Å²) in [5.74, 6) is 0.278. The van der Waals surface area contributed by atoms with E-state index in [9.17, 15) is 9.18 Å². The highest BCUT2D eigenvalue weighted by molar-refractivity contribution is 7.09. The van der Waals surface area contributed by atoms with Crippen LogP contribution in [0.15, 0.2) is 24.3 Å². The minimum atomic E-state index is -0.250. The van der Waals surface area contributed by atoms with Crippen LogP contribution in [-0.4, -0.2) is 35.0 Å². The first-order valence-corrected chi connectivity index (χ1v) is 9.16. The highest BCUT2D eigenvalue weighted by atomic mass is 32.1. The van der Waals surface area contributed by atoms with E-state index in [-0.39, 0.29) is 17.6 Å². The predicted octanol–water partition coefficient (Wildman–Crippen LogP) is 2.55. The number of anilines is 1. The average molecular weight is 364 g/mol. The molecule has 2 aromatic rings. The normalized spacial score (nSPS) is 17.5. The standard InChI is InChI=1S/C17H21FN4O2S/c1-2-24-20-16(23)13-4-3-9-22(11-13)17-19-15(21-25-17)10-12-5-7-14(18)8-6-12/h5-8,13H,2-4,9-11H2,1H3,(H,20,23). The van der Waals surface area contributed by atoms with Crippen molar-refractivity contribution in [2.24, 2.45) is 5.92 Å². The second-order valence-electron chi connectivity index (χ2n) is 5.98. The van der Waals surface area contributed by atoms with Crippen molar-refractivity contribution in [1.82, 2.24) is 14.8 Å². The third-order valence-corrected chi connectivity index (χ3v) is 4.93. The number of hydroxylamine groups is 1. The Balaban J connectivity index is 1.61. The average Bonchev–Trinajstić information content (AvgIpc) is 3.10. The quantitative estimate of drug-likeness (QED) is 0.798. The zero-order valence-corrected chi connectivity index (χ0v) is 14.9. The zero-order valence-electron chi connectivity index (χ0n) is 14.1. The molecule has 0 bridgehead atoms. The van der Waals surface area contributed by atoms with E-state index < -0.39 is 0 Å². The number of piperidine rings is 1. The van der Waals surface area contributed by atoms with Crippen molar-refractivity contribution < 1.29 is 14.0 Å². The second kappa shape index (κ2) is 8.35. The van der Waals surface area contributed by atoms with Gasteiger partial charge in [-0.05, 0) is 37.5 Å². The van der Waals surface area contributed by atoms with Crippen LogP contribution in [0, 0.1) is 11.7 Å². The van der Waals surface area contributed by atoms with Gasteiger partial charge in [-0.3, -0.25) is 9.63 Å². The number of hydrogen-bond acceptors (Lipinski definition) is 6. The fraction of sp³-hybridized carbons (Fsp3) is 0.471. The molecule has 1 aromatic carbocycles. The van der Waals surface area contributed by atoms with Crippen molar-refractivity contribution in [3.8, 4) is 0 Å². The van der Waals surface area contributed by atoms with Gasteiger partial charge in [-0.15, -0.1) is 0 Å². The molecule has 0 spiro atoms. The van der Waals surface area contributed by atoms with Crippen LogP contribution in [0.1, 0.15) is 31.2 Å². The highest BCUT2D eigenvalue weighted by Gasteiger charge is 2.27. The predicted molar refractivity (Wildman–Crippen MR) is 93.8 cm³/mol. The molecule has 3 rings (SSSR count). The number of nitrogens with one attached hydrogen (secondary N) is 1. The maximum Gasteiger partial charge on any atom is 0.248 e. The van der Waals surface area contributed by atoms with Gasteiger partial charge < -0.3 is 4.90 Å². The largest absolute Gasteiger partial charge is 0.346 e. The summed E-state index contributed by atoms with van der Waals surface area (Å²) >= 11 is 1.34. The highest BCUT2D eigenvalue weighted by Crippen LogP contribution is 2.25. The Labute approximate surface area is 150 Å². The van der Waals surface area contributed by atoms with Gasteiger partial charge in [0.25, 0.3) is 0 Å². The summed E-state index contributed by atoms with van der Waals surface area (Å²) in [6.07, 6.45) is 2.34. The summed E-state index contributed by atoms with van der Waals surface area (Å²) in [6, 6.07) is 6.36. The molecule has 1 saturated heterocycles. The number of amides is 1. The molecule has 8 heteroatoms. The minimum Gasteiger partial charge on any atom is -0.346 e. The smallest absolute Gasteiger partial charge is 0.248 e. The number of halogens is 1. The van der Waals surface area contributed by atoms with Crippen LogP contribution in [0.2, 0.25) is 0 Å². The Morgan fingerprint density at radius 1 is 1.44 bits per heavy atom. The first kappa shape index (κ1) is 17.8. The van der Waals surface area contributed by atoms with Gasteiger partial charge >= 0.3 is 0 Å². The van der Waals surface area contributed by atoms with Crippen LogP contribution in [0.5, 0.6) is 0 Å². The van der Waals surface area contributed by atoms with Crippen molar-refractivity contribution >= 4 is 22.6 Å². The SMILES string of the molecule is CCONC(=O)C1CCCN(c2nc(Cc3ccc(F)cc3)ns2)C1. The third kappa shape index (κ3) is 4.73. The maximum atomic E-state index is 13.0. The monoisotopic (exact) mass is 364 g/mol. The van der Waals surface area contributed by atoms with Gasteiger partial charge in [0.1, 0.15) is 11.6 Å². The molecule has 1 fully saturated rings. The Morgan fingerprint density at radius 2 is 2.24 bits per heavy atom. The van der Waals surface area contributed by atoms with Crippen LogP contribution in [0.25, 0.3) is 0 Å². The van der Waals surface area contributed by atoms with Crippen LogP contribution in [0.3, 0.4) is 0 Å². The molecule has 1 aromatic heterocycles. The summed E-state index contributed by atoms with van der Waals surface area (Å²) < 4.78 is 17.4. The van der Waals surface area contributed by atoms with Gasteiger partial charge in [0.15, 0.2) is 0 Å². The summed E-state index contributed by atoms with van der Waals surface area (Å²) in [5, 5.41) is 0.825. The van der Waals surface area contributed by atoms with Crippen molar-refractivity contribution in [3.63, 3.8) is 0 Å². The number of aromatic nitrogens is 2. The van der Waals surface area contributed by atoms with Crippen LogP contribution >= 0.6 is 11.5 Å². The molecule has 6 nitrogen and oxygen atoms in total. The van der Waals surface area contributed by atoms with Gasteiger partial charge in [0.2, 0.25) is 11.0 Å². The second-order valence-corrected chi connectivity index (χ2v) is 6.71. The summed E-state index contributed by atoms with van der Waals surface area (Å²) in [4.78, 5) is 23.8. The topological polar surface area (TPSA) is 67.3 Å². The minimum absolute atomic E-state index is 0.0809. The van der Waals surface area contributed by atoms with Gasteiger partial charge in [-0.1, -0.05) is 12.1 Å². The summed E-state index contributed by atoms with van der Waals surface area (Å²) in [6.45, 7) is 3.76. The molecule has 134 valence electrons. The third-order valence-electron chi connectivity index (χ3n) is 4.11. The number of nitrogens with zero attached hydrogens (tertiary/aromatic N) is 3. The lowest BCUT2D eigenvalue weighted by Gasteiger charge is -2.31. The summed E-state index contributed by atoms with van der Waals surface area (Å²) in [7, 11) is 0. The molecular formula is C17H21FN4O2S. The zero-order chi connectivity index (χ0) is 17.6. The number of carbonyl (C=O) groups excluding carboxylic acids is 1. The fourth-order valence-corrected chi connectivity index (χ4v) is 3.54. The molecule has 25 heavy (non-hydrogen) atoms. The van der Waals surface area contributed by atoms with Crippen LogP contribution in [0.4, 0.5) is 9.52 Å². The Kier molecular flexibility index (Phi) is 5.93. The van der Waals surface area contributed by atoms with E-state index in [4.69, 9.17) is 4.84 Å². The molecule has 0 saturated carbocycles. The molecule has 1 aliphatic heterocycles.